The van der Waals surface area contributed by atoms with Gasteiger partial charge in [-0.25, -0.2) is 9.78 Å². The van der Waals surface area contributed by atoms with Crippen LogP contribution < -0.4 is 15.0 Å². The Labute approximate surface area is 162 Å². The van der Waals surface area contributed by atoms with Gasteiger partial charge in [-0.15, -0.1) is 10.2 Å². The summed E-state index contributed by atoms with van der Waals surface area (Å²) in [6.45, 7) is 0.917. The number of urea groups is 1. The molecule has 1 saturated carbocycles. The van der Waals surface area contributed by atoms with E-state index in [2.05, 4.69) is 26.6 Å². The Bertz CT molecular complexity index is 1030. The standard InChI is InChI=1S/C20H20N6O2/c1-25-12-22-24-18(25)16-11-15(16)13-4-2-5-14(10-13)23-20(27)26-8-9-28-17-6-3-7-21-19(17)26/h2-7,10,12,15-16H,8-9,11H2,1H3,(H,23,27)/t15-,16-/m1/s1. The third kappa shape index (κ3) is 2.96. The van der Waals surface area contributed by atoms with Crippen LogP contribution in [0.3, 0.4) is 0 Å². The first-order valence-corrected chi connectivity index (χ1v) is 9.31. The fraction of sp³-hybridized carbons (Fsp3) is 0.300. The van der Waals surface area contributed by atoms with Gasteiger partial charge in [-0.1, -0.05) is 12.1 Å². The lowest BCUT2D eigenvalue weighted by atomic mass is 10.1. The zero-order valence-electron chi connectivity index (χ0n) is 15.4. The first-order chi connectivity index (χ1) is 13.7. The number of aryl methyl sites for hydroxylation is 1. The van der Waals surface area contributed by atoms with Crippen LogP contribution in [0.25, 0.3) is 0 Å². The average Bonchev–Trinajstić information content (AvgIpc) is 3.40. The summed E-state index contributed by atoms with van der Waals surface area (Å²) in [4.78, 5) is 18.7. The van der Waals surface area contributed by atoms with Gasteiger partial charge in [-0.05, 0) is 42.2 Å². The highest BCUT2D eigenvalue weighted by Gasteiger charge is 2.42. The number of nitrogens with one attached hydrogen (secondary N) is 1. The normalized spacial score (nSPS) is 20.2. The zero-order chi connectivity index (χ0) is 19.1. The molecule has 1 aliphatic carbocycles. The molecule has 5 rings (SSSR count). The van der Waals surface area contributed by atoms with Gasteiger partial charge in [0.15, 0.2) is 11.6 Å². The molecule has 2 aliphatic rings. The molecule has 2 atom stereocenters. The summed E-state index contributed by atoms with van der Waals surface area (Å²) >= 11 is 0. The Morgan fingerprint density at radius 3 is 3.04 bits per heavy atom. The molecule has 2 aromatic heterocycles. The summed E-state index contributed by atoms with van der Waals surface area (Å²) in [7, 11) is 1.97. The molecule has 3 heterocycles. The maximum absolute atomic E-state index is 12.8. The molecule has 8 nitrogen and oxygen atoms in total. The number of fused-ring (bicyclic) bond motifs is 1. The van der Waals surface area contributed by atoms with Gasteiger partial charge < -0.3 is 14.6 Å². The summed E-state index contributed by atoms with van der Waals surface area (Å²) < 4.78 is 7.54. The van der Waals surface area contributed by atoms with E-state index in [1.165, 1.54) is 5.56 Å². The Balaban J connectivity index is 1.32. The van der Waals surface area contributed by atoms with E-state index >= 15 is 0 Å². The number of ether oxygens (including phenoxy) is 1. The van der Waals surface area contributed by atoms with Crippen molar-refractivity contribution < 1.29 is 9.53 Å². The van der Waals surface area contributed by atoms with Crippen molar-refractivity contribution in [1.82, 2.24) is 19.7 Å². The van der Waals surface area contributed by atoms with Gasteiger partial charge in [0.2, 0.25) is 0 Å². The molecular weight excluding hydrogens is 356 g/mol. The third-order valence-corrected chi connectivity index (χ3v) is 5.26. The molecule has 1 aromatic carbocycles. The Kier molecular flexibility index (Phi) is 3.96. The van der Waals surface area contributed by atoms with Crippen LogP contribution in [0.1, 0.15) is 29.6 Å². The lowest BCUT2D eigenvalue weighted by molar-refractivity contribution is 0.249. The van der Waals surface area contributed by atoms with Crippen molar-refractivity contribution in [1.29, 1.82) is 0 Å². The lowest BCUT2D eigenvalue weighted by Gasteiger charge is -2.28. The van der Waals surface area contributed by atoms with Gasteiger partial charge in [-0.2, -0.15) is 0 Å². The summed E-state index contributed by atoms with van der Waals surface area (Å²) in [6.07, 6.45) is 4.44. The largest absolute Gasteiger partial charge is 0.488 e. The van der Waals surface area contributed by atoms with Crippen molar-refractivity contribution >= 4 is 17.5 Å². The molecule has 1 fully saturated rings. The van der Waals surface area contributed by atoms with Crippen LogP contribution in [0.4, 0.5) is 16.3 Å². The molecule has 1 aliphatic heterocycles. The van der Waals surface area contributed by atoms with Gasteiger partial charge >= 0.3 is 6.03 Å². The molecule has 2 amide bonds. The summed E-state index contributed by atoms with van der Waals surface area (Å²) in [6, 6.07) is 11.4. The number of aromatic nitrogens is 4. The molecule has 3 aromatic rings. The van der Waals surface area contributed by atoms with Crippen molar-refractivity contribution in [3.05, 3.63) is 60.3 Å². The van der Waals surface area contributed by atoms with E-state index < -0.39 is 0 Å². The topological polar surface area (TPSA) is 85.2 Å². The highest BCUT2D eigenvalue weighted by Crippen LogP contribution is 2.54. The van der Waals surface area contributed by atoms with Crippen molar-refractivity contribution in [2.75, 3.05) is 23.4 Å². The van der Waals surface area contributed by atoms with E-state index in [1.54, 1.807) is 23.5 Å². The number of hydrogen-bond donors (Lipinski definition) is 1. The van der Waals surface area contributed by atoms with Crippen LogP contribution in [-0.4, -0.2) is 38.9 Å². The van der Waals surface area contributed by atoms with Gasteiger partial charge in [0.05, 0.1) is 6.54 Å². The SMILES string of the molecule is Cn1cnnc1[C@@H]1C[C@@H]1c1cccc(NC(=O)N2CCOc3cccnc32)c1. The number of amides is 2. The number of anilines is 2. The summed E-state index contributed by atoms with van der Waals surface area (Å²) in [5, 5.41) is 11.2. The number of hydrogen-bond acceptors (Lipinski definition) is 5. The van der Waals surface area contributed by atoms with Gasteiger partial charge in [-0.3, -0.25) is 4.90 Å². The van der Waals surface area contributed by atoms with E-state index in [9.17, 15) is 4.79 Å². The number of nitrogens with zero attached hydrogens (tertiary/aromatic N) is 5. The molecule has 0 spiro atoms. The van der Waals surface area contributed by atoms with E-state index in [0.717, 1.165) is 17.9 Å². The third-order valence-electron chi connectivity index (χ3n) is 5.26. The second kappa shape index (κ2) is 6.63. The summed E-state index contributed by atoms with van der Waals surface area (Å²) in [5.41, 5.74) is 1.97. The minimum absolute atomic E-state index is 0.207. The van der Waals surface area contributed by atoms with Crippen LogP contribution in [0.2, 0.25) is 0 Å². The Morgan fingerprint density at radius 1 is 1.25 bits per heavy atom. The molecule has 0 saturated heterocycles. The van der Waals surface area contributed by atoms with Crippen LogP contribution in [0.5, 0.6) is 5.75 Å². The van der Waals surface area contributed by atoms with Crippen LogP contribution in [0, 0.1) is 0 Å². The zero-order valence-corrected chi connectivity index (χ0v) is 15.4. The van der Waals surface area contributed by atoms with Crippen molar-refractivity contribution in [3.63, 3.8) is 0 Å². The van der Waals surface area contributed by atoms with Crippen LogP contribution >= 0.6 is 0 Å². The first-order valence-electron chi connectivity index (χ1n) is 9.31. The molecular formula is C20H20N6O2. The van der Waals surface area contributed by atoms with E-state index in [4.69, 9.17) is 4.74 Å². The number of benzene rings is 1. The molecule has 0 radical (unpaired) electrons. The Hall–Kier alpha value is -3.42. The molecule has 8 heteroatoms. The highest BCUT2D eigenvalue weighted by atomic mass is 16.5. The minimum atomic E-state index is -0.207. The maximum atomic E-state index is 12.8. The number of carbonyl (C=O) groups excluding carboxylic acids is 1. The van der Waals surface area contributed by atoms with Gasteiger partial charge in [0, 0.05) is 24.8 Å². The highest BCUT2D eigenvalue weighted by molar-refractivity contribution is 6.02. The smallest absolute Gasteiger partial charge is 0.327 e. The fourth-order valence-corrected chi connectivity index (χ4v) is 3.76. The first kappa shape index (κ1) is 16.7. The van der Waals surface area contributed by atoms with Crippen molar-refractivity contribution in [2.45, 2.75) is 18.3 Å². The Morgan fingerprint density at radius 2 is 2.18 bits per heavy atom. The second-order valence-electron chi connectivity index (χ2n) is 7.13. The van der Waals surface area contributed by atoms with E-state index in [-0.39, 0.29) is 6.03 Å². The van der Waals surface area contributed by atoms with Gasteiger partial charge in [0.25, 0.3) is 0 Å². The molecule has 1 N–H and O–H groups in total. The second-order valence-corrected chi connectivity index (χ2v) is 7.13. The minimum Gasteiger partial charge on any atom is -0.488 e. The van der Waals surface area contributed by atoms with E-state index in [0.29, 0.717) is 36.6 Å². The van der Waals surface area contributed by atoms with Crippen molar-refractivity contribution in [3.8, 4) is 5.75 Å². The van der Waals surface area contributed by atoms with Gasteiger partial charge in [0.1, 0.15) is 18.8 Å². The van der Waals surface area contributed by atoms with Crippen LogP contribution in [-0.2, 0) is 7.05 Å². The van der Waals surface area contributed by atoms with E-state index in [1.807, 2.05) is 35.9 Å². The maximum Gasteiger partial charge on any atom is 0.327 e. The number of carbonyl (C=O) groups is 1. The lowest BCUT2D eigenvalue weighted by Crippen LogP contribution is -2.41. The monoisotopic (exact) mass is 376 g/mol. The number of pyridine rings is 1. The fourth-order valence-electron chi connectivity index (χ4n) is 3.76. The molecule has 142 valence electrons. The molecule has 0 bridgehead atoms. The van der Waals surface area contributed by atoms with Crippen LogP contribution in [0.15, 0.2) is 48.9 Å². The number of rotatable bonds is 3. The predicted molar refractivity (Wildman–Crippen MR) is 104 cm³/mol. The predicted octanol–water partition coefficient (Wildman–Crippen LogP) is 2.91. The van der Waals surface area contributed by atoms with Crippen molar-refractivity contribution in [2.24, 2.45) is 7.05 Å². The quantitative estimate of drug-likeness (QED) is 0.760. The molecule has 28 heavy (non-hydrogen) atoms. The molecule has 0 unspecified atom stereocenters. The summed E-state index contributed by atoms with van der Waals surface area (Å²) in [5.74, 6) is 2.98. The average molecular weight is 376 g/mol.